The molecule has 0 saturated heterocycles. The normalized spacial score (nSPS) is 18.2. The molecule has 0 amide bonds. The molecule has 2 heteroatoms. The highest BCUT2D eigenvalue weighted by atomic mass is 35.5. The van der Waals surface area contributed by atoms with Crippen molar-refractivity contribution in [3.05, 3.63) is 47.1 Å². The minimum Gasteiger partial charge on any atom is -0.299 e. The number of hydrogen-bond donors (Lipinski definition) is 0. The molecule has 2 aliphatic rings. The number of rotatable bonds is 2. The van der Waals surface area contributed by atoms with Crippen molar-refractivity contribution in [1.82, 2.24) is 0 Å². The number of allylic oxidation sites excluding steroid dienone is 7. The smallest absolute Gasteiger partial charge is 0.136 e. The summed E-state index contributed by atoms with van der Waals surface area (Å²) in [4.78, 5) is 10.3. The fourth-order valence-corrected chi connectivity index (χ4v) is 1.50. The van der Waals surface area contributed by atoms with Gasteiger partial charge in [0.15, 0.2) is 0 Å². The lowest BCUT2D eigenvalue weighted by atomic mass is 10.1. The van der Waals surface area contributed by atoms with Gasteiger partial charge in [0.2, 0.25) is 0 Å². The van der Waals surface area contributed by atoms with E-state index in [4.69, 9.17) is 11.6 Å². The zero-order valence-electron chi connectivity index (χ0n) is 9.09. The number of carbonyl (C=O) groups excluding carboxylic acids is 1. The van der Waals surface area contributed by atoms with Crippen LogP contribution in [-0.4, -0.2) is 5.78 Å². The van der Waals surface area contributed by atoms with Gasteiger partial charge in [-0.15, -0.1) is 6.58 Å². The van der Waals surface area contributed by atoms with E-state index in [9.17, 15) is 4.79 Å². The highest BCUT2D eigenvalue weighted by Crippen LogP contribution is 2.34. The molecule has 1 nitrogen and oxygen atoms in total. The van der Waals surface area contributed by atoms with Gasteiger partial charge < -0.3 is 0 Å². The third-order valence-corrected chi connectivity index (χ3v) is 2.86. The molecule has 0 fully saturated rings. The molecule has 0 spiro atoms. The fourth-order valence-electron chi connectivity index (χ4n) is 1.23. The Labute approximate surface area is 95.8 Å². The summed E-state index contributed by atoms with van der Waals surface area (Å²) >= 11 is 5.76. The second-order valence-electron chi connectivity index (χ2n) is 3.74. The van der Waals surface area contributed by atoms with Crippen LogP contribution in [0.3, 0.4) is 0 Å². The van der Waals surface area contributed by atoms with Gasteiger partial charge in [0.05, 0.1) is 0 Å². The van der Waals surface area contributed by atoms with Crippen LogP contribution in [0.15, 0.2) is 47.1 Å². The molecule has 0 aromatic heterocycles. The van der Waals surface area contributed by atoms with E-state index in [0.29, 0.717) is 0 Å². The van der Waals surface area contributed by atoms with Crippen LogP contribution in [0.1, 0.15) is 20.3 Å². The summed E-state index contributed by atoms with van der Waals surface area (Å²) in [7, 11) is 0. The summed E-state index contributed by atoms with van der Waals surface area (Å²) in [5.74, 6) is 0.204. The Morgan fingerprint density at radius 1 is 1.60 bits per heavy atom. The molecule has 0 N–H and O–H groups in total. The number of halogens is 1. The topological polar surface area (TPSA) is 17.1 Å². The van der Waals surface area contributed by atoms with Gasteiger partial charge >= 0.3 is 0 Å². The summed E-state index contributed by atoms with van der Waals surface area (Å²) in [5.41, 5.74) is 2.63. The van der Waals surface area contributed by atoms with Gasteiger partial charge in [0, 0.05) is 11.0 Å². The van der Waals surface area contributed by atoms with Crippen LogP contribution in [0.25, 0.3) is 0 Å². The molecule has 0 radical (unpaired) electrons. The second kappa shape index (κ2) is 5.13. The van der Waals surface area contributed by atoms with Gasteiger partial charge in [-0.05, 0) is 30.6 Å². The highest BCUT2D eigenvalue weighted by Gasteiger charge is 2.14. The molecule has 0 aromatic carbocycles. The van der Waals surface area contributed by atoms with E-state index in [2.05, 4.69) is 18.7 Å². The van der Waals surface area contributed by atoms with Gasteiger partial charge in [-0.1, -0.05) is 36.8 Å². The SMILES string of the molecule is C=CC(C)C(C)=O.ClC1=C2C=CC(=C1)C2. The Morgan fingerprint density at radius 2 is 2.27 bits per heavy atom. The maximum atomic E-state index is 10.3. The van der Waals surface area contributed by atoms with E-state index in [0.717, 1.165) is 11.5 Å². The van der Waals surface area contributed by atoms with Crippen LogP contribution < -0.4 is 0 Å². The van der Waals surface area contributed by atoms with E-state index in [1.165, 1.54) is 11.1 Å². The first-order valence-corrected chi connectivity index (χ1v) is 5.32. The molecule has 2 bridgehead atoms. The van der Waals surface area contributed by atoms with Crippen molar-refractivity contribution in [3.63, 3.8) is 0 Å². The first kappa shape index (κ1) is 12.0. The van der Waals surface area contributed by atoms with E-state index < -0.39 is 0 Å². The maximum Gasteiger partial charge on any atom is 0.136 e. The molecule has 1 unspecified atom stereocenters. The lowest BCUT2D eigenvalue weighted by molar-refractivity contribution is -0.118. The molecule has 0 aromatic rings. The number of Topliss-reactive ketones (excluding diaryl/α,β-unsaturated/α-hetero) is 1. The van der Waals surface area contributed by atoms with Crippen molar-refractivity contribution in [2.45, 2.75) is 20.3 Å². The van der Waals surface area contributed by atoms with E-state index in [1.54, 1.807) is 13.0 Å². The molecule has 0 saturated carbocycles. The average molecular weight is 223 g/mol. The van der Waals surface area contributed by atoms with Crippen molar-refractivity contribution in [3.8, 4) is 0 Å². The van der Waals surface area contributed by atoms with Gasteiger partial charge in [-0.2, -0.15) is 0 Å². The van der Waals surface area contributed by atoms with Crippen molar-refractivity contribution < 1.29 is 4.79 Å². The quantitative estimate of drug-likeness (QED) is 0.650. The van der Waals surface area contributed by atoms with E-state index in [1.807, 2.05) is 13.0 Å². The minimum absolute atomic E-state index is 0.0278. The molecule has 0 heterocycles. The van der Waals surface area contributed by atoms with Crippen LogP contribution in [0.5, 0.6) is 0 Å². The number of hydrogen-bond acceptors (Lipinski definition) is 1. The lowest BCUT2D eigenvalue weighted by Crippen LogP contribution is -2.00. The zero-order chi connectivity index (χ0) is 11.4. The standard InChI is InChI=1S/C7H5Cl.C6H10O/c8-7-4-5-1-2-6(7)3-5;1-4-5(2)6(3)7/h1-2,4H,3H2;4-5H,1H2,2-3H3. The molecule has 2 rings (SSSR count). The third-order valence-electron chi connectivity index (χ3n) is 2.51. The molecular formula is C13H15ClO. The van der Waals surface area contributed by atoms with Gasteiger partial charge in [-0.25, -0.2) is 0 Å². The molecule has 1 atom stereocenters. The highest BCUT2D eigenvalue weighted by molar-refractivity contribution is 6.32. The lowest BCUT2D eigenvalue weighted by Gasteiger charge is -1.93. The van der Waals surface area contributed by atoms with Crippen LogP contribution in [0.2, 0.25) is 0 Å². The Kier molecular flexibility index (Phi) is 4.10. The summed E-state index contributed by atoms with van der Waals surface area (Å²) in [6, 6.07) is 0. The van der Waals surface area contributed by atoms with Crippen LogP contribution >= 0.6 is 11.6 Å². The number of fused-ring (bicyclic) bond motifs is 2. The molecule has 0 aliphatic heterocycles. The fraction of sp³-hybridized carbons (Fsp3) is 0.308. The van der Waals surface area contributed by atoms with Gasteiger partial charge in [0.25, 0.3) is 0 Å². The predicted molar refractivity (Wildman–Crippen MR) is 64.8 cm³/mol. The predicted octanol–water partition coefficient (Wildman–Crippen LogP) is 3.78. The van der Waals surface area contributed by atoms with Crippen LogP contribution in [0.4, 0.5) is 0 Å². The number of ketones is 1. The molecule has 80 valence electrons. The Bertz CT molecular complexity index is 372. The summed E-state index contributed by atoms with van der Waals surface area (Å²) in [6.45, 7) is 6.85. The first-order chi connectivity index (χ1) is 7.04. The molecule has 15 heavy (non-hydrogen) atoms. The van der Waals surface area contributed by atoms with Gasteiger partial charge in [-0.3, -0.25) is 4.79 Å². The van der Waals surface area contributed by atoms with Crippen molar-refractivity contribution in [2.75, 3.05) is 0 Å². The van der Waals surface area contributed by atoms with Crippen LogP contribution in [0, 0.1) is 5.92 Å². The summed E-state index contributed by atoms with van der Waals surface area (Å²) in [6.07, 6.45) is 8.93. The third kappa shape index (κ3) is 3.21. The first-order valence-electron chi connectivity index (χ1n) is 4.95. The van der Waals surface area contributed by atoms with Crippen LogP contribution in [-0.2, 0) is 4.79 Å². The maximum absolute atomic E-state index is 10.3. The molecule has 2 aliphatic carbocycles. The Hall–Kier alpha value is -1.08. The zero-order valence-corrected chi connectivity index (χ0v) is 9.84. The Morgan fingerprint density at radius 3 is 2.40 bits per heavy atom. The van der Waals surface area contributed by atoms with E-state index in [-0.39, 0.29) is 11.7 Å². The monoisotopic (exact) mass is 222 g/mol. The summed E-state index contributed by atoms with van der Waals surface area (Å²) < 4.78 is 0. The minimum atomic E-state index is 0.0278. The van der Waals surface area contributed by atoms with Crippen molar-refractivity contribution in [2.24, 2.45) is 5.92 Å². The Balaban J connectivity index is 0.000000153. The second-order valence-corrected chi connectivity index (χ2v) is 4.14. The number of carbonyl (C=O) groups is 1. The van der Waals surface area contributed by atoms with Gasteiger partial charge in [0.1, 0.15) is 5.78 Å². The largest absolute Gasteiger partial charge is 0.299 e. The van der Waals surface area contributed by atoms with Crippen molar-refractivity contribution in [1.29, 1.82) is 0 Å². The van der Waals surface area contributed by atoms with E-state index >= 15 is 0 Å². The summed E-state index contributed by atoms with van der Waals surface area (Å²) in [5, 5.41) is 0.933. The van der Waals surface area contributed by atoms with Crippen molar-refractivity contribution >= 4 is 17.4 Å². The average Bonchev–Trinajstić information content (AvgIpc) is 2.78. The molecular weight excluding hydrogens is 208 g/mol.